The summed E-state index contributed by atoms with van der Waals surface area (Å²) in [5, 5.41) is 4.01. The number of nitrogens with two attached hydrogens (primary N) is 1. The first kappa shape index (κ1) is 14.1. The highest BCUT2D eigenvalue weighted by Gasteiger charge is 2.02. The van der Waals surface area contributed by atoms with Crippen molar-refractivity contribution >= 4 is 23.4 Å². The molecule has 1 aromatic heterocycles. The molecule has 0 fully saturated rings. The predicted molar refractivity (Wildman–Crippen MR) is 74.3 cm³/mol. The molecular formula is C11H21N5S. The quantitative estimate of drug-likeness (QED) is 0.218. The van der Waals surface area contributed by atoms with Gasteiger partial charge in [-0.05, 0) is 12.7 Å². The van der Waals surface area contributed by atoms with E-state index >= 15 is 0 Å². The van der Waals surface area contributed by atoms with Crippen LogP contribution >= 0.6 is 11.8 Å². The van der Waals surface area contributed by atoms with Crippen molar-refractivity contribution in [1.29, 1.82) is 0 Å². The second-order valence-corrected chi connectivity index (χ2v) is 4.53. The van der Waals surface area contributed by atoms with Crippen LogP contribution in [0.1, 0.15) is 32.6 Å². The van der Waals surface area contributed by atoms with Crippen LogP contribution in [0.4, 0.5) is 11.6 Å². The zero-order chi connectivity index (χ0) is 12.5. The molecule has 0 radical (unpaired) electrons. The van der Waals surface area contributed by atoms with Crippen molar-refractivity contribution in [3.05, 3.63) is 6.07 Å². The summed E-state index contributed by atoms with van der Waals surface area (Å²) in [6, 6.07) is 1.82. The van der Waals surface area contributed by atoms with Crippen LogP contribution in [0.25, 0.3) is 0 Å². The highest BCUT2D eigenvalue weighted by Crippen LogP contribution is 2.16. The number of nitrogen functional groups attached to an aromatic ring is 1. The molecule has 17 heavy (non-hydrogen) atoms. The Kier molecular flexibility index (Phi) is 6.73. The van der Waals surface area contributed by atoms with Gasteiger partial charge in [-0.2, -0.15) is 0 Å². The summed E-state index contributed by atoms with van der Waals surface area (Å²) in [4.78, 5) is 8.57. The van der Waals surface area contributed by atoms with Crippen LogP contribution in [0.3, 0.4) is 0 Å². The standard InChI is InChI=1S/C11H21N5S/c1-3-4-5-6-7-13-9-8-10(16-12)15-11(14-9)17-2/h8H,3-7,12H2,1-2H3,(H2,13,14,15,16). The monoisotopic (exact) mass is 255 g/mol. The van der Waals surface area contributed by atoms with Crippen LogP contribution in [0.5, 0.6) is 0 Å². The Bertz CT molecular complexity index is 309. The molecule has 0 aliphatic heterocycles. The lowest BCUT2D eigenvalue weighted by molar-refractivity contribution is 0.684. The first-order valence-corrected chi connectivity index (χ1v) is 7.16. The van der Waals surface area contributed by atoms with Gasteiger partial charge in [0, 0.05) is 12.6 Å². The fourth-order valence-corrected chi connectivity index (χ4v) is 1.83. The van der Waals surface area contributed by atoms with Gasteiger partial charge in [-0.3, -0.25) is 0 Å². The van der Waals surface area contributed by atoms with E-state index in [9.17, 15) is 0 Å². The number of thioether (sulfide) groups is 1. The molecule has 0 aliphatic carbocycles. The second-order valence-electron chi connectivity index (χ2n) is 3.76. The van der Waals surface area contributed by atoms with Gasteiger partial charge in [0.2, 0.25) is 0 Å². The van der Waals surface area contributed by atoms with E-state index in [4.69, 9.17) is 5.84 Å². The number of nitrogens with zero attached hydrogens (tertiary/aromatic N) is 2. The van der Waals surface area contributed by atoms with E-state index in [0.717, 1.165) is 23.9 Å². The van der Waals surface area contributed by atoms with E-state index in [1.54, 1.807) is 0 Å². The van der Waals surface area contributed by atoms with Crippen molar-refractivity contribution in [1.82, 2.24) is 9.97 Å². The SMILES string of the molecule is CCCCCCNc1cc(NN)nc(SC)n1. The van der Waals surface area contributed by atoms with Crippen LogP contribution in [0.2, 0.25) is 0 Å². The van der Waals surface area contributed by atoms with Crippen molar-refractivity contribution < 1.29 is 0 Å². The number of nitrogens with one attached hydrogen (secondary N) is 2. The number of aromatic nitrogens is 2. The normalized spacial score (nSPS) is 10.3. The van der Waals surface area contributed by atoms with Crippen molar-refractivity contribution in [3.63, 3.8) is 0 Å². The van der Waals surface area contributed by atoms with Crippen LogP contribution < -0.4 is 16.6 Å². The zero-order valence-electron chi connectivity index (χ0n) is 10.5. The number of anilines is 2. The largest absolute Gasteiger partial charge is 0.370 e. The van der Waals surface area contributed by atoms with E-state index in [-0.39, 0.29) is 0 Å². The van der Waals surface area contributed by atoms with Gasteiger partial charge in [-0.15, -0.1) is 0 Å². The smallest absolute Gasteiger partial charge is 0.191 e. The minimum Gasteiger partial charge on any atom is -0.370 e. The molecule has 0 bridgehead atoms. The molecule has 1 rings (SSSR count). The van der Waals surface area contributed by atoms with Gasteiger partial charge in [0.1, 0.15) is 11.6 Å². The summed E-state index contributed by atoms with van der Waals surface area (Å²) in [7, 11) is 0. The van der Waals surface area contributed by atoms with Crippen LogP contribution in [-0.4, -0.2) is 22.8 Å². The molecule has 0 spiro atoms. The Labute approximate surface area is 107 Å². The summed E-state index contributed by atoms with van der Waals surface area (Å²) < 4.78 is 0. The minimum atomic E-state index is 0.639. The fraction of sp³-hybridized carbons (Fsp3) is 0.636. The number of unbranched alkanes of at least 4 members (excludes halogenated alkanes) is 3. The molecule has 96 valence electrons. The average Bonchev–Trinajstić information content (AvgIpc) is 2.38. The Hall–Kier alpha value is -1.01. The van der Waals surface area contributed by atoms with Gasteiger partial charge in [0.05, 0.1) is 0 Å². The summed E-state index contributed by atoms with van der Waals surface area (Å²) >= 11 is 1.50. The second kappa shape index (κ2) is 8.14. The van der Waals surface area contributed by atoms with Crippen molar-refractivity contribution in [2.75, 3.05) is 23.5 Å². The average molecular weight is 255 g/mol. The Balaban J connectivity index is 2.46. The minimum absolute atomic E-state index is 0.639. The highest BCUT2D eigenvalue weighted by molar-refractivity contribution is 7.98. The third-order valence-electron chi connectivity index (χ3n) is 2.37. The topological polar surface area (TPSA) is 75.9 Å². The molecule has 0 aliphatic rings. The number of rotatable bonds is 8. The third-order valence-corrected chi connectivity index (χ3v) is 2.92. The predicted octanol–water partition coefficient (Wildman–Crippen LogP) is 2.48. The third kappa shape index (κ3) is 5.23. The van der Waals surface area contributed by atoms with E-state index in [0.29, 0.717) is 5.82 Å². The summed E-state index contributed by atoms with van der Waals surface area (Å²) in [6.45, 7) is 3.15. The number of hydrogen-bond acceptors (Lipinski definition) is 6. The first-order valence-electron chi connectivity index (χ1n) is 5.93. The highest BCUT2D eigenvalue weighted by atomic mass is 32.2. The molecule has 0 amide bonds. The molecular weight excluding hydrogens is 234 g/mol. The van der Waals surface area contributed by atoms with Gasteiger partial charge < -0.3 is 10.7 Å². The molecule has 1 heterocycles. The summed E-state index contributed by atoms with van der Waals surface area (Å²) in [5.74, 6) is 6.83. The van der Waals surface area contributed by atoms with Gasteiger partial charge in [0.25, 0.3) is 0 Å². The van der Waals surface area contributed by atoms with Gasteiger partial charge >= 0.3 is 0 Å². The van der Waals surface area contributed by atoms with E-state index < -0.39 is 0 Å². The maximum absolute atomic E-state index is 5.36. The molecule has 6 heteroatoms. The van der Waals surface area contributed by atoms with E-state index in [1.165, 1.54) is 31.0 Å². The summed E-state index contributed by atoms with van der Waals surface area (Å²) in [5.41, 5.74) is 2.55. The summed E-state index contributed by atoms with van der Waals surface area (Å²) in [6.07, 6.45) is 6.91. The maximum atomic E-state index is 5.36. The van der Waals surface area contributed by atoms with Gasteiger partial charge in [-0.1, -0.05) is 37.9 Å². The van der Waals surface area contributed by atoms with E-state index in [1.807, 2.05) is 12.3 Å². The Morgan fingerprint density at radius 1 is 1.24 bits per heavy atom. The lowest BCUT2D eigenvalue weighted by Crippen LogP contribution is -2.11. The molecule has 0 aromatic carbocycles. The lowest BCUT2D eigenvalue weighted by Gasteiger charge is -2.08. The van der Waals surface area contributed by atoms with Crippen LogP contribution in [-0.2, 0) is 0 Å². The number of hydrazine groups is 1. The van der Waals surface area contributed by atoms with E-state index in [2.05, 4.69) is 27.6 Å². The van der Waals surface area contributed by atoms with Crippen molar-refractivity contribution in [2.24, 2.45) is 5.84 Å². The van der Waals surface area contributed by atoms with Crippen LogP contribution in [0, 0.1) is 0 Å². The molecule has 0 atom stereocenters. The van der Waals surface area contributed by atoms with Crippen LogP contribution in [0.15, 0.2) is 11.2 Å². The van der Waals surface area contributed by atoms with Gasteiger partial charge in [0.15, 0.2) is 5.16 Å². The zero-order valence-corrected chi connectivity index (χ0v) is 11.3. The lowest BCUT2D eigenvalue weighted by atomic mass is 10.2. The molecule has 4 N–H and O–H groups in total. The molecule has 0 saturated heterocycles. The molecule has 1 aromatic rings. The van der Waals surface area contributed by atoms with Crippen molar-refractivity contribution in [3.8, 4) is 0 Å². The maximum Gasteiger partial charge on any atom is 0.191 e. The van der Waals surface area contributed by atoms with Gasteiger partial charge in [-0.25, -0.2) is 15.8 Å². The Morgan fingerprint density at radius 3 is 2.65 bits per heavy atom. The molecule has 0 saturated carbocycles. The fourth-order valence-electron chi connectivity index (χ4n) is 1.45. The Morgan fingerprint density at radius 2 is 2.00 bits per heavy atom. The molecule has 5 nitrogen and oxygen atoms in total. The first-order chi connectivity index (χ1) is 8.30. The molecule has 0 unspecified atom stereocenters. The number of hydrogen-bond donors (Lipinski definition) is 3. The van der Waals surface area contributed by atoms with Crippen molar-refractivity contribution in [2.45, 2.75) is 37.8 Å².